The van der Waals surface area contributed by atoms with Crippen molar-refractivity contribution >= 4 is 34.3 Å². The van der Waals surface area contributed by atoms with Crippen LogP contribution in [0.1, 0.15) is 43.0 Å². The maximum Gasteiger partial charge on any atom is 0.252 e. The zero-order valence-electron chi connectivity index (χ0n) is 15.1. The number of carbonyl (C=O) groups is 2. The molecule has 0 bridgehead atoms. The van der Waals surface area contributed by atoms with Gasteiger partial charge >= 0.3 is 0 Å². The van der Waals surface area contributed by atoms with Crippen LogP contribution in [0.5, 0.6) is 0 Å². The molecule has 1 aromatic carbocycles. The van der Waals surface area contributed by atoms with E-state index in [0.717, 1.165) is 25.9 Å². The van der Waals surface area contributed by atoms with E-state index >= 15 is 0 Å². The van der Waals surface area contributed by atoms with E-state index in [1.807, 2.05) is 4.90 Å². The molecular formula is C19H23ClN4O2. The zero-order valence-corrected chi connectivity index (χ0v) is 15.8. The lowest BCUT2D eigenvalue weighted by atomic mass is 9.93. The Morgan fingerprint density at radius 2 is 1.92 bits per heavy atom. The zero-order chi connectivity index (χ0) is 18.5. The van der Waals surface area contributed by atoms with Gasteiger partial charge in [0.2, 0.25) is 5.91 Å². The van der Waals surface area contributed by atoms with Crippen LogP contribution < -0.4 is 5.32 Å². The molecule has 1 N–H and O–H groups in total. The minimum Gasteiger partial charge on any atom is -0.341 e. The fourth-order valence-corrected chi connectivity index (χ4v) is 4.22. The monoisotopic (exact) mass is 374 g/mol. The third-order valence-electron chi connectivity index (χ3n) is 5.91. The Balaban J connectivity index is 1.46. The number of likely N-dealkylation sites (tertiary alicyclic amines) is 1. The van der Waals surface area contributed by atoms with Crippen LogP contribution in [0.15, 0.2) is 18.3 Å². The van der Waals surface area contributed by atoms with Crippen LogP contribution in [0, 0.1) is 5.41 Å². The van der Waals surface area contributed by atoms with Gasteiger partial charge in [-0.05, 0) is 50.2 Å². The fourth-order valence-electron chi connectivity index (χ4n) is 3.93. The van der Waals surface area contributed by atoms with Gasteiger partial charge in [-0.3, -0.25) is 14.3 Å². The number of fused-ring (bicyclic) bond motifs is 1. The number of aromatic nitrogens is 2. The number of nitrogens with one attached hydrogen (secondary N) is 1. The van der Waals surface area contributed by atoms with Crippen LogP contribution in [-0.2, 0) is 11.8 Å². The Morgan fingerprint density at radius 3 is 2.58 bits per heavy atom. The minimum absolute atomic E-state index is 0.00903. The van der Waals surface area contributed by atoms with E-state index in [1.54, 1.807) is 37.0 Å². The van der Waals surface area contributed by atoms with Crippen LogP contribution in [0.4, 0.5) is 0 Å². The van der Waals surface area contributed by atoms with Crippen LogP contribution >= 0.6 is 11.6 Å². The average molecular weight is 375 g/mol. The largest absolute Gasteiger partial charge is 0.341 e. The SMILES string of the molecule is C[C@H](NC(=O)c1ccc(Cl)c2c1cnn2C)C(=O)N1CCC2(CC1)CC2. The second-order valence-corrected chi connectivity index (χ2v) is 8.05. The first-order valence-electron chi connectivity index (χ1n) is 9.10. The summed E-state index contributed by atoms with van der Waals surface area (Å²) < 4.78 is 1.64. The van der Waals surface area contributed by atoms with Gasteiger partial charge in [-0.1, -0.05) is 11.6 Å². The predicted molar refractivity (Wildman–Crippen MR) is 100 cm³/mol. The average Bonchev–Trinajstić information content (AvgIpc) is 3.26. The summed E-state index contributed by atoms with van der Waals surface area (Å²) >= 11 is 6.21. The van der Waals surface area contributed by atoms with Gasteiger partial charge < -0.3 is 10.2 Å². The van der Waals surface area contributed by atoms with E-state index in [-0.39, 0.29) is 11.8 Å². The molecule has 0 unspecified atom stereocenters. The van der Waals surface area contributed by atoms with E-state index in [0.29, 0.717) is 26.9 Å². The fraction of sp³-hybridized carbons (Fsp3) is 0.526. The van der Waals surface area contributed by atoms with Gasteiger partial charge in [-0.25, -0.2) is 0 Å². The van der Waals surface area contributed by atoms with Gasteiger partial charge in [0.05, 0.1) is 22.3 Å². The molecule has 138 valence electrons. The summed E-state index contributed by atoms with van der Waals surface area (Å²) in [4.78, 5) is 27.3. The van der Waals surface area contributed by atoms with Gasteiger partial charge in [0.25, 0.3) is 5.91 Å². The van der Waals surface area contributed by atoms with Crippen molar-refractivity contribution in [2.75, 3.05) is 13.1 Å². The third-order valence-corrected chi connectivity index (χ3v) is 6.21. The number of piperidine rings is 1. The molecule has 2 aliphatic rings. The lowest BCUT2D eigenvalue weighted by Gasteiger charge is -2.33. The second-order valence-electron chi connectivity index (χ2n) is 7.65. The number of rotatable bonds is 3. The second kappa shape index (κ2) is 6.27. The van der Waals surface area contributed by atoms with Crippen molar-refractivity contribution in [3.05, 3.63) is 28.9 Å². The molecule has 4 rings (SSSR count). The summed E-state index contributed by atoms with van der Waals surface area (Å²) in [6.07, 6.45) is 6.42. The molecule has 2 aromatic rings. The topological polar surface area (TPSA) is 67.2 Å². The number of nitrogens with zero attached hydrogens (tertiary/aromatic N) is 3. The first-order valence-corrected chi connectivity index (χ1v) is 9.48. The molecule has 1 aromatic heterocycles. The van der Waals surface area contributed by atoms with Crippen LogP contribution in [-0.4, -0.2) is 45.6 Å². The van der Waals surface area contributed by atoms with Crippen molar-refractivity contribution in [3.8, 4) is 0 Å². The number of halogens is 1. The maximum atomic E-state index is 12.7. The van der Waals surface area contributed by atoms with Crippen molar-refractivity contribution in [2.24, 2.45) is 12.5 Å². The highest BCUT2D eigenvalue weighted by molar-refractivity contribution is 6.35. The first-order chi connectivity index (χ1) is 12.4. The Morgan fingerprint density at radius 1 is 1.23 bits per heavy atom. The molecule has 7 heteroatoms. The van der Waals surface area contributed by atoms with E-state index in [2.05, 4.69) is 10.4 Å². The lowest BCUT2D eigenvalue weighted by molar-refractivity contribution is -0.134. The highest BCUT2D eigenvalue weighted by Crippen LogP contribution is 2.53. The molecule has 1 atom stereocenters. The predicted octanol–water partition coefficient (Wildman–Crippen LogP) is 2.75. The normalized spacial score (nSPS) is 19.6. The number of hydrogen-bond acceptors (Lipinski definition) is 3. The van der Waals surface area contributed by atoms with Gasteiger partial charge in [0.15, 0.2) is 0 Å². The molecule has 1 saturated heterocycles. The van der Waals surface area contributed by atoms with Gasteiger partial charge in [0, 0.05) is 25.5 Å². The van der Waals surface area contributed by atoms with Gasteiger partial charge in [-0.2, -0.15) is 5.10 Å². The molecule has 6 nitrogen and oxygen atoms in total. The van der Waals surface area contributed by atoms with E-state index < -0.39 is 6.04 Å². The summed E-state index contributed by atoms with van der Waals surface area (Å²) in [7, 11) is 1.78. The highest BCUT2D eigenvalue weighted by atomic mass is 35.5. The van der Waals surface area contributed by atoms with Gasteiger partial charge in [0.1, 0.15) is 6.04 Å². The number of carbonyl (C=O) groups excluding carboxylic acids is 2. The maximum absolute atomic E-state index is 12.7. The number of amides is 2. The van der Waals surface area contributed by atoms with Crippen molar-refractivity contribution in [2.45, 2.75) is 38.6 Å². The molecule has 1 spiro atoms. The number of hydrogen-bond donors (Lipinski definition) is 1. The Hall–Kier alpha value is -2.08. The lowest BCUT2D eigenvalue weighted by Crippen LogP contribution is -2.49. The molecule has 0 radical (unpaired) electrons. The molecule has 2 amide bonds. The van der Waals surface area contributed by atoms with Crippen molar-refractivity contribution in [1.29, 1.82) is 0 Å². The minimum atomic E-state index is -0.557. The molecule has 2 heterocycles. The smallest absolute Gasteiger partial charge is 0.252 e. The molecular weight excluding hydrogens is 352 g/mol. The molecule has 1 saturated carbocycles. The summed E-state index contributed by atoms with van der Waals surface area (Å²) in [6, 6.07) is 2.81. The Kier molecular flexibility index (Phi) is 4.18. The standard InChI is InChI=1S/C19H23ClN4O2/c1-12(18(26)24-9-7-19(5-6-19)8-10-24)22-17(25)13-3-4-15(20)16-14(13)11-21-23(16)2/h3-4,11-12H,5-10H2,1-2H3,(H,22,25)/t12-/m0/s1. The summed E-state index contributed by atoms with van der Waals surface area (Å²) in [5.41, 5.74) is 1.72. The Labute approximate surface area is 157 Å². The Bertz CT molecular complexity index is 877. The summed E-state index contributed by atoms with van der Waals surface area (Å²) in [5.74, 6) is -0.290. The van der Waals surface area contributed by atoms with Crippen LogP contribution in [0.3, 0.4) is 0 Å². The molecule has 26 heavy (non-hydrogen) atoms. The molecule has 2 fully saturated rings. The van der Waals surface area contributed by atoms with E-state index in [4.69, 9.17) is 11.6 Å². The number of aryl methyl sites for hydroxylation is 1. The highest BCUT2D eigenvalue weighted by Gasteiger charge is 2.45. The van der Waals surface area contributed by atoms with Gasteiger partial charge in [-0.15, -0.1) is 0 Å². The van der Waals surface area contributed by atoms with Crippen LogP contribution in [0.25, 0.3) is 10.9 Å². The molecule has 1 aliphatic carbocycles. The first kappa shape index (κ1) is 17.3. The third kappa shape index (κ3) is 2.96. The number of benzene rings is 1. The van der Waals surface area contributed by atoms with Crippen molar-refractivity contribution in [1.82, 2.24) is 20.0 Å². The van der Waals surface area contributed by atoms with Crippen LogP contribution in [0.2, 0.25) is 5.02 Å². The molecule has 1 aliphatic heterocycles. The van der Waals surface area contributed by atoms with E-state index in [1.165, 1.54) is 12.8 Å². The van der Waals surface area contributed by atoms with Crippen molar-refractivity contribution in [3.63, 3.8) is 0 Å². The van der Waals surface area contributed by atoms with E-state index in [9.17, 15) is 9.59 Å². The van der Waals surface area contributed by atoms with Crippen molar-refractivity contribution < 1.29 is 9.59 Å². The summed E-state index contributed by atoms with van der Waals surface area (Å²) in [5, 5.41) is 8.25. The quantitative estimate of drug-likeness (QED) is 0.898. The summed E-state index contributed by atoms with van der Waals surface area (Å²) in [6.45, 7) is 3.35.